The van der Waals surface area contributed by atoms with E-state index < -0.39 is 0 Å². The van der Waals surface area contributed by atoms with Crippen molar-refractivity contribution in [2.45, 2.75) is 26.4 Å². The van der Waals surface area contributed by atoms with Crippen molar-refractivity contribution >= 4 is 11.7 Å². The summed E-state index contributed by atoms with van der Waals surface area (Å²) in [5.41, 5.74) is 2.97. The third-order valence-electron chi connectivity index (χ3n) is 4.15. The summed E-state index contributed by atoms with van der Waals surface area (Å²) < 4.78 is 11.3. The summed E-state index contributed by atoms with van der Waals surface area (Å²) in [5, 5.41) is 5.64. The van der Waals surface area contributed by atoms with Gasteiger partial charge in [0.15, 0.2) is 0 Å². The molecule has 3 rings (SSSR count). The molecule has 0 spiro atoms. The fraction of sp³-hybridized carbons (Fsp3) is 0.381. The van der Waals surface area contributed by atoms with Crippen LogP contribution in [0, 0.1) is 12.8 Å². The molecule has 0 unspecified atom stereocenters. The van der Waals surface area contributed by atoms with Gasteiger partial charge in [-0.1, -0.05) is 24.3 Å². The highest BCUT2D eigenvalue weighted by molar-refractivity contribution is 5.89. The Morgan fingerprint density at radius 1 is 1.15 bits per heavy atom. The summed E-state index contributed by atoms with van der Waals surface area (Å²) in [6, 6.07) is 15.3. The molecule has 2 aromatic carbocycles. The molecule has 0 bridgehead atoms. The van der Waals surface area contributed by atoms with Crippen LogP contribution in [0.25, 0.3) is 0 Å². The highest BCUT2D eigenvalue weighted by Gasteiger charge is 2.21. The number of hydrogen-bond donors (Lipinski definition) is 2. The molecule has 5 heteroatoms. The molecule has 1 fully saturated rings. The van der Waals surface area contributed by atoms with E-state index in [0.29, 0.717) is 19.8 Å². The Hall–Kier alpha value is -2.53. The second kappa shape index (κ2) is 9.25. The Kier molecular flexibility index (Phi) is 6.50. The van der Waals surface area contributed by atoms with Crippen LogP contribution in [-0.2, 0) is 11.3 Å². The van der Waals surface area contributed by atoms with Gasteiger partial charge in [-0.05, 0) is 61.1 Å². The van der Waals surface area contributed by atoms with Crippen molar-refractivity contribution in [3.05, 3.63) is 59.7 Å². The fourth-order valence-electron chi connectivity index (χ4n) is 2.58. The SMILES string of the molecule is Cc1cccc(OCCNC(=O)Nc2cccc(COCC3CC3)c2)c1. The number of anilines is 1. The third-order valence-corrected chi connectivity index (χ3v) is 4.15. The second-order valence-electron chi connectivity index (χ2n) is 6.70. The normalized spacial score (nSPS) is 13.3. The van der Waals surface area contributed by atoms with Crippen LogP contribution in [-0.4, -0.2) is 25.8 Å². The summed E-state index contributed by atoms with van der Waals surface area (Å²) in [4.78, 5) is 12.0. The van der Waals surface area contributed by atoms with Crippen LogP contribution < -0.4 is 15.4 Å². The lowest BCUT2D eigenvalue weighted by Gasteiger charge is -2.10. The van der Waals surface area contributed by atoms with Gasteiger partial charge in [-0.25, -0.2) is 4.79 Å². The number of hydrogen-bond acceptors (Lipinski definition) is 3. The number of urea groups is 1. The predicted molar refractivity (Wildman–Crippen MR) is 103 cm³/mol. The van der Waals surface area contributed by atoms with Crippen LogP contribution in [0.1, 0.15) is 24.0 Å². The quantitative estimate of drug-likeness (QED) is 0.666. The molecule has 26 heavy (non-hydrogen) atoms. The smallest absolute Gasteiger partial charge is 0.319 e. The van der Waals surface area contributed by atoms with E-state index in [-0.39, 0.29) is 6.03 Å². The van der Waals surface area contributed by atoms with E-state index in [2.05, 4.69) is 10.6 Å². The summed E-state index contributed by atoms with van der Waals surface area (Å²) in [5.74, 6) is 1.57. The largest absolute Gasteiger partial charge is 0.492 e. The van der Waals surface area contributed by atoms with E-state index in [1.165, 1.54) is 12.8 Å². The molecule has 138 valence electrons. The molecule has 2 N–H and O–H groups in total. The van der Waals surface area contributed by atoms with Gasteiger partial charge in [0.25, 0.3) is 0 Å². The molecule has 0 aliphatic heterocycles. The Morgan fingerprint density at radius 3 is 2.81 bits per heavy atom. The molecule has 0 heterocycles. The van der Waals surface area contributed by atoms with Crippen molar-refractivity contribution in [3.63, 3.8) is 0 Å². The van der Waals surface area contributed by atoms with E-state index in [1.807, 2.05) is 55.5 Å². The molecule has 0 aromatic heterocycles. The average Bonchev–Trinajstić information content (AvgIpc) is 3.44. The van der Waals surface area contributed by atoms with Gasteiger partial charge in [0.2, 0.25) is 0 Å². The van der Waals surface area contributed by atoms with Crippen molar-refractivity contribution in [2.75, 3.05) is 25.1 Å². The third kappa shape index (κ3) is 6.41. The minimum atomic E-state index is -0.242. The maximum absolute atomic E-state index is 12.0. The Bertz CT molecular complexity index is 729. The van der Waals surface area contributed by atoms with E-state index in [1.54, 1.807) is 0 Å². The molecule has 2 aromatic rings. The first-order valence-corrected chi connectivity index (χ1v) is 9.10. The van der Waals surface area contributed by atoms with Crippen molar-refractivity contribution in [3.8, 4) is 5.75 Å². The summed E-state index contributed by atoms with van der Waals surface area (Å²) >= 11 is 0. The first kappa shape index (κ1) is 18.3. The number of carbonyl (C=O) groups is 1. The van der Waals surface area contributed by atoms with Gasteiger partial charge in [-0.3, -0.25) is 0 Å². The first-order chi connectivity index (χ1) is 12.7. The molecule has 0 radical (unpaired) electrons. The lowest BCUT2D eigenvalue weighted by atomic mass is 10.2. The average molecular weight is 354 g/mol. The Morgan fingerprint density at radius 2 is 2.00 bits per heavy atom. The lowest BCUT2D eigenvalue weighted by Crippen LogP contribution is -2.32. The molecule has 1 aliphatic carbocycles. The first-order valence-electron chi connectivity index (χ1n) is 9.10. The minimum Gasteiger partial charge on any atom is -0.492 e. The minimum absolute atomic E-state index is 0.242. The van der Waals surface area contributed by atoms with E-state index in [9.17, 15) is 4.79 Å². The lowest BCUT2D eigenvalue weighted by molar-refractivity contribution is 0.111. The Balaban J connectivity index is 1.35. The van der Waals surface area contributed by atoms with Crippen LogP contribution in [0.4, 0.5) is 10.5 Å². The monoisotopic (exact) mass is 354 g/mol. The number of amides is 2. The van der Waals surface area contributed by atoms with Gasteiger partial charge in [-0.15, -0.1) is 0 Å². The highest BCUT2D eigenvalue weighted by atomic mass is 16.5. The zero-order valence-corrected chi connectivity index (χ0v) is 15.2. The van der Waals surface area contributed by atoms with Gasteiger partial charge in [0.05, 0.1) is 13.2 Å². The number of benzene rings is 2. The summed E-state index contributed by atoms with van der Waals surface area (Å²) in [6.07, 6.45) is 2.57. The van der Waals surface area contributed by atoms with Crippen molar-refractivity contribution in [2.24, 2.45) is 5.92 Å². The topological polar surface area (TPSA) is 59.6 Å². The highest BCUT2D eigenvalue weighted by Crippen LogP contribution is 2.29. The standard InChI is InChI=1S/C21H26N2O3/c1-16-4-2-7-20(12-16)26-11-10-22-21(24)23-19-6-3-5-18(13-19)15-25-14-17-8-9-17/h2-7,12-13,17H,8-11,14-15H2,1H3,(H2,22,23,24). The zero-order valence-electron chi connectivity index (χ0n) is 15.2. The number of nitrogens with one attached hydrogen (secondary N) is 2. The van der Waals surface area contributed by atoms with E-state index in [4.69, 9.17) is 9.47 Å². The van der Waals surface area contributed by atoms with Gasteiger partial charge in [0, 0.05) is 12.3 Å². The predicted octanol–water partition coefficient (Wildman–Crippen LogP) is 4.12. The van der Waals surface area contributed by atoms with Crippen LogP contribution in [0.5, 0.6) is 5.75 Å². The van der Waals surface area contributed by atoms with Gasteiger partial charge in [0.1, 0.15) is 12.4 Å². The van der Waals surface area contributed by atoms with Crippen molar-refractivity contribution in [1.29, 1.82) is 0 Å². The van der Waals surface area contributed by atoms with E-state index >= 15 is 0 Å². The van der Waals surface area contributed by atoms with Crippen molar-refractivity contribution < 1.29 is 14.3 Å². The number of carbonyl (C=O) groups excluding carboxylic acids is 1. The number of ether oxygens (including phenoxy) is 2. The van der Waals surface area contributed by atoms with Gasteiger partial charge in [-0.2, -0.15) is 0 Å². The van der Waals surface area contributed by atoms with Gasteiger partial charge < -0.3 is 20.1 Å². The maximum Gasteiger partial charge on any atom is 0.319 e. The van der Waals surface area contributed by atoms with Crippen LogP contribution >= 0.6 is 0 Å². The molecular weight excluding hydrogens is 328 g/mol. The van der Waals surface area contributed by atoms with Crippen LogP contribution in [0.15, 0.2) is 48.5 Å². The molecular formula is C21H26N2O3. The molecule has 1 saturated carbocycles. The fourth-order valence-corrected chi connectivity index (χ4v) is 2.58. The maximum atomic E-state index is 12.0. The molecule has 0 atom stereocenters. The molecule has 5 nitrogen and oxygen atoms in total. The molecule has 0 saturated heterocycles. The zero-order chi connectivity index (χ0) is 18.2. The van der Waals surface area contributed by atoms with Crippen molar-refractivity contribution in [1.82, 2.24) is 5.32 Å². The molecule has 1 aliphatic rings. The van der Waals surface area contributed by atoms with Gasteiger partial charge >= 0.3 is 6.03 Å². The summed E-state index contributed by atoms with van der Waals surface area (Å²) in [6.45, 7) is 4.29. The van der Waals surface area contributed by atoms with Crippen LogP contribution in [0.3, 0.4) is 0 Å². The second-order valence-corrected chi connectivity index (χ2v) is 6.70. The Labute approximate surface area is 154 Å². The number of aryl methyl sites for hydroxylation is 1. The number of rotatable bonds is 9. The van der Waals surface area contributed by atoms with E-state index in [0.717, 1.165) is 35.1 Å². The van der Waals surface area contributed by atoms with Crippen LogP contribution in [0.2, 0.25) is 0 Å². The molecule has 2 amide bonds. The summed E-state index contributed by atoms with van der Waals surface area (Å²) in [7, 11) is 0.